The van der Waals surface area contributed by atoms with Crippen molar-refractivity contribution in [3.05, 3.63) is 54.1 Å². The second kappa shape index (κ2) is 4.37. The van der Waals surface area contributed by atoms with E-state index in [1.807, 2.05) is 12.1 Å². The number of hydrogen-bond acceptors (Lipinski definition) is 2. The molecule has 0 fully saturated rings. The normalized spacial score (nSPS) is 18.1. The minimum atomic E-state index is 0.209. The van der Waals surface area contributed by atoms with Crippen molar-refractivity contribution in [3.8, 4) is 5.75 Å². The Hall–Kier alpha value is -1.96. The number of anilines is 2. The van der Waals surface area contributed by atoms with Crippen LogP contribution in [0.3, 0.4) is 0 Å². The highest BCUT2D eigenvalue weighted by Gasteiger charge is 2.23. The molecule has 1 aliphatic rings. The molecule has 0 bridgehead atoms. The Morgan fingerprint density at radius 1 is 1.06 bits per heavy atom. The maximum absolute atomic E-state index is 5.87. The van der Waals surface area contributed by atoms with Crippen LogP contribution in [-0.4, -0.2) is 12.6 Å². The Morgan fingerprint density at radius 3 is 2.56 bits per heavy atom. The number of aryl methyl sites for hydroxylation is 1. The highest BCUT2D eigenvalue weighted by atomic mass is 16.5. The van der Waals surface area contributed by atoms with E-state index in [1.54, 1.807) is 0 Å². The highest BCUT2D eigenvalue weighted by molar-refractivity contribution is 5.70. The van der Waals surface area contributed by atoms with Crippen molar-refractivity contribution in [1.29, 1.82) is 0 Å². The summed E-state index contributed by atoms with van der Waals surface area (Å²) in [6.07, 6.45) is 0.209. The summed E-state index contributed by atoms with van der Waals surface area (Å²) in [5.74, 6) is 0.969. The van der Waals surface area contributed by atoms with Crippen LogP contribution >= 0.6 is 0 Å². The van der Waals surface area contributed by atoms with E-state index in [1.165, 1.54) is 11.3 Å². The summed E-state index contributed by atoms with van der Waals surface area (Å²) in [4.78, 5) is 2.32. The largest absolute Gasteiger partial charge is 0.487 e. The average Bonchev–Trinajstić information content (AvgIpc) is 2.38. The molecule has 0 aliphatic carbocycles. The molecule has 0 spiro atoms. The predicted molar refractivity (Wildman–Crippen MR) is 74.7 cm³/mol. The zero-order valence-corrected chi connectivity index (χ0v) is 10.8. The van der Waals surface area contributed by atoms with E-state index in [-0.39, 0.29) is 6.10 Å². The van der Waals surface area contributed by atoms with Crippen LogP contribution in [0.4, 0.5) is 11.4 Å². The lowest BCUT2D eigenvalue weighted by molar-refractivity contribution is 0.218. The minimum absolute atomic E-state index is 0.209. The summed E-state index contributed by atoms with van der Waals surface area (Å²) < 4.78 is 5.87. The molecule has 0 saturated heterocycles. The van der Waals surface area contributed by atoms with Crippen LogP contribution in [0, 0.1) is 6.92 Å². The van der Waals surface area contributed by atoms with Gasteiger partial charge in [-0.2, -0.15) is 0 Å². The molecule has 0 N–H and O–H groups in total. The first kappa shape index (κ1) is 11.1. The van der Waals surface area contributed by atoms with Crippen LogP contribution in [0.5, 0.6) is 5.75 Å². The average molecular weight is 239 g/mol. The van der Waals surface area contributed by atoms with Crippen molar-refractivity contribution in [1.82, 2.24) is 0 Å². The number of ether oxygens (including phenoxy) is 1. The molecular weight excluding hydrogens is 222 g/mol. The third-order valence-electron chi connectivity index (χ3n) is 3.27. The Morgan fingerprint density at radius 2 is 1.78 bits per heavy atom. The molecule has 2 aromatic rings. The van der Waals surface area contributed by atoms with Crippen molar-refractivity contribution in [2.45, 2.75) is 20.0 Å². The van der Waals surface area contributed by atoms with Gasteiger partial charge in [-0.25, -0.2) is 0 Å². The fourth-order valence-corrected chi connectivity index (χ4v) is 2.36. The van der Waals surface area contributed by atoms with Crippen LogP contribution in [-0.2, 0) is 0 Å². The van der Waals surface area contributed by atoms with Gasteiger partial charge in [0.15, 0.2) is 0 Å². The maximum Gasteiger partial charge on any atom is 0.143 e. The molecule has 0 amide bonds. The Labute approximate surface area is 108 Å². The van der Waals surface area contributed by atoms with Crippen LogP contribution in [0.2, 0.25) is 0 Å². The topological polar surface area (TPSA) is 12.5 Å². The SMILES string of the molecule is Cc1ccc(N2CC(C)Oc3ccccc32)cc1. The first-order valence-electron chi connectivity index (χ1n) is 6.34. The summed E-state index contributed by atoms with van der Waals surface area (Å²) in [5, 5.41) is 0. The van der Waals surface area contributed by atoms with Gasteiger partial charge in [-0.15, -0.1) is 0 Å². The number of rotatable bonds is 1. The summed E-state index contributed by atoms with van der Waals surface area (Å²) in [7, 11) is 0. The fraction of sp³-hybridized carbons (Fsp3) is 0.250. The Kier molecular flexibility index (Phi) is 2.71. The van der Waals surface area contributed by atoms with Gasteiger partial charge in [0.1, 0.15) is 11.9 Å². The van der Waals surface area contributed by atoms with Crippen LogP contribution in [0.25, 0.3) is 0 Å². The third-order valence-corrected chi connectivity index (χ3v) is 3.27. The molecule has 92 valence electrons. The monoisotopic (exact) mass is 239 g/mol. The van der Waals surface area contributed by atoms with E-state index in [9.17, 15) is 0 Å². The minimum Gasteiger partial charge on any atom is -0.487 e. The predicted octanol–water partition coefficient (Wildman–Crippen LogP) is 3.91. The van der Waals surface area contributed by atoms with Gasteiger partial charge < -0.3 is 9.64 Å². The molecule has 1 aliphatic heterocycles. The van der Waals surface area contributed by atoms with E-state index < -0.39 is 0 Å². The Bertz CT molecular complexity index is 547. The molecule has 1 atom stereocenters. The summed E-state index contributed by atoms with van der Waals surface area (Å²) in [6, 6.07) is 16.9. The summed E-state index contributed by atoms with van der Waals surface area (Å²) >= 11 is 0. The van der Waals surface area contributed by atoms with Crippen molar-refractivity contribution < 1.29 is 4.74 Å². The number of nitrogens with zero attached hydrogens (tertiary/aromatic N) is 1. The van der Waals surface area contributed by atoms with E-state index >= 15 is 0 Å². The van der Waals surface area contributed by atoms with E-state index in [4.69, 9.17) is 4.74 Å². The van der Waals surface area contributed by atoms with E-state index in [2.05, 4.69) is 55.1 Å². The van der Waals surface area contributed by atoms with Gasteiger partial charge in [-0.3, -0.25) is 0 Å². The molecule has 3 rings (SSSR count). The van der Waals surface area contributed by atoms with Gasteiger partial charge in [0.2, 0.25) is 0 Å². The van der Waals surface area contributed by atoms with Crippen LogP contribution in [0.1, 0.15) is 12.5 Å². The number of hydrogen-bond donors (Lipinski definition) is 0. The molecule has 2 heteroatoms. The van der Waals surface area contributed by atoms with Gasteiger partial charge in [0, 0.05) is 5.69 Å². The zero-order chi connectivity index (χ0) is 12.5. The molecule has 0 aromatic heterocycles. The summed E-state index contributed by atoms with van der Waals surface area (Å²) in [6.45, 7) is 5.11. The molecule has 18 heavy (non-hydrogen) atoms. The first-order valence-corrected chi connectivity index (χ1v) is 6.34. The van der Waals surface area contributed by atoms with Crippen molar-refractivity contribution in [2.75, 3.05) is 11.4 Å². The molecule has 1 heterocycles. The first-order chi connectivity index (χ1) is 8.74. The van der Waals surface area contributed by atoms with Crippen molar-refractivity contribution >= 4 is 11.4 Å². The lowest BCUT2D eigenvalue weighted by Gasteiger charge is -2.35. The van der Waals surface area contributed by atoms with Crippen LogP contribution in [0.15, 0.2) is 48.5 Å². The van der Waals surface area contributed by atoms with Gasteiger partial charge >= 0.3 is 0 Å². The maximum atomic E-state index is 5.87. The standard InChI is InChI=1S/C16H17NO/c1-12-7-9-14(10-8-12)17-11-13(2)18-16-6-4-3-5-15(16)17/h3-10,13H,11H2,1-2H3. The van der Waals surface area contributed by atoms with Crippen LogP contribution < -0.4 is 9.64 Å². The van der Waals surface area contributed by atoms with Crippen molar-refractivity contribution in [3.63, 3.8) is 0 Å². The number of fused-ring (bicyclic) bond motifs is 1. The zero-order valence-electron chi connectivity index (χ0n) is 10.8. The third kappa shape index (κ3) is 1.94. The van der Waals surface area contributed by atoms with Gasteiger partial charge in [-0.1, -0.05) is 29.8 Å². The van der Waals surface area contributed by atoms with E-state index in [0.29, 0.717) is 0 Å². The van der Waals surface area contributed by atoms with Gasteiger partial charge in [0.25, 0.3) is 0 Å². The molecular formula is C16H17NO. The second-order valence-electron chi connectivity index (χ2n) is 4.84. The lowest BCUT2D eigenvalue weighted by Crippen LogP contribution is -2.35. The van der Waals surface area contributed by atoms with Gasteiger partial charge in [-0.05, 0) is 38.1 Å². The lowest BCUT2D eigenvalue weighted by atomic mass is 10.1. The Balaban J connectivity index is 2.04. The smallest absolute Gasteiger partial charge is 0.143 e. The molecule has 0 radical (unpaired) electrons. The van der Waals surface area contributed by atoms with Gasteiger partial charge in [0.05, 0.1) is 12.2 Å². The number of benzene rings is 2. The quantitative estimate of drug-likeness (QED) is 0.748. The van der Waals surface area contributed by atoms with E-state index in [0.717, 1.165) is 18.0 Å². The fourth-order valence-electron chi connectivity index (χ4n) is 2.36. The molecule has 1 unspecified atom stereocenters. The number of para-hydroxylation sites is 2. The second-order valence-corrected chi connectivity index (χ2v) is 4.84. The molecule has 0 saturated carbocycles. The van der Waals surface area contributed by atoms with Crippen molar-refractivity contribution in [2.24, 2.45) is 0 Å². The molecule has 2 nitrogen and oxygen atoms in total. The highest BCUT2D eigenvalue weighted by Crippen LogP contribution is 2.37. The summed E-state index contributed by atoms with van der Waals surface area (Å²) in [5.41, 5.74) is 3.66. The molecule has 2 aromatic carbocycles.